The van der Waals surface area contributed by atoms with Crippen molar-refractivity contribution in [3.05, 3.63) is 53.1 Å². The van der Waals surface area contributed by atoms with Crippen molar-refractivity contribution in [3.63, 3.8) is 0 Å². The van der Waals surface area contributed by atoms with E-state index in [1.165, 1.54) is 17.7 Å². The maximum atomic E-state index is 5.90. The Morgan fingerprint density at radius 2 is 2.16 bits per heavy atom. The Labute approximate surface area is 118 Å². The predicted molar refractivity (Wildman–Crippen MR) is 77.6 cm³/mol. The van der Waals surface area contributed by atoms with E-state index in [-0.39, 0.29) is 0 Å². The van der Waals surface area contributed by atoms with Gasteiger partial charge in [-0.15, -0.1) is 0 Å². The lowest BCUT2D eigenvalue weighted by molar-refractivity contribution is 0.612. The van der Waals surface area contributed by atoms with Crippen LogP contribution in [0.1, 0.15) is 23.6 Å². The molecule has 2 heterocycles. The molecule has 1 fully saturated rings. The van der Waals surface area contributed by atoms with Crippen LogP contribution in [-0.4, -0.2) is 22.6 Å². The Balaban J connectivity index is 1.66. The van der Waals surface area contributed by atoms with Crippen molar-refractivity contribution >= 4 is 11.6 Å². The molecule has 2 aromatic rings. The fourth-order valence-electron chi connectivity index (χ4n) is 2.67. The second kappa shape index (κ2) is 5.76. The first-order valence-electron chi connectivity index (χ1n) is 6.78. The molecule has 1 unspecified atom stereocenters. The molecule has 3 rings (SSSR count). The highest BCUT2D eigenvalue weighted by molar-refractivity contribution is 6.30. The summed E-state index contributed by atoms with van der Waals surface area (Å²) in [6.45, 7) is 3.17. The van der Waals surface area contributed by atoms with Crippen LogP contribution in [0.4, 0.5) is 0 Å². The average Bonchev–Trinajstić information content (AvgIpc) is 3.08. The third kappa shape index (κ3) is 2.99. The highest BCUT2D eigenvalue weighted by atomic mass is 35.5. The second-order valence-corrected chi connectivity index (χ2v) is 5.51. The summed E-state index contributed by atoms with van der Waals surface area (Å²) in [5, 5.41) is 4.21. The molecule has 0 amide bonds. The number of aromatic nitrogens is 2. The third-order valence-electron chi connectivity index (χ3n) is 3.78. The smallest absolute Gasteiger partial charge is 0.0948 e. The summed E-state index contributed by atoms with van der Waals surface area (Å²) >= 11 is 5.90. The summed E-state index contributed by atoms with van der Waals surface area (Å²) in [5.41, 5.74) is 2.67. The fourth-order valence-corrected chi connectivity index (χ4v) is 2.79. The topological polar surface area (TPSA) is 29.9 Å². The van der Waals surface area contributed by atoms with Crippen molar-refractivity contribution in [2.75, 3.05) is 13.1 Å². The number of imidazole rings is 1. The van der Waals surface area contributed by atoms with Crippen molar-refractivity contribution in [2.24, 2.45) is 0 Å². The van der Waals surface area contributed by atoms with Gasteiger partial charge in [-0.3, -0.25) is 0 Å². The van der Waals surface area contributed by atoms with Crippen LogP contribution >= 0.6 is 11.6 Å². The molecule has 0 spiro atoms. The summed E-state index contributed by atoms with van der Waals surface area (Å²) in [6.07, 6.45) is 6.19. The summed E-state index contributed by atoms with van der Waals surface area (Å²) < 4.78 is 2.28. The Morgan fingerprint density at radius 1 is 1.32 bits per heavy atom. The molecule has 0 bridgehead atoms. The van der Waals surface area contributed by atoms with E-state index >= 15 is 0 Å². The van der Waals surface area contributed by atoms with E-state index in [0.29, 0.717) is 5.92 Å². The van der Waals surface area contributed by atoms with E-state index in [1.54, 1.807) is 0 Å². The van der Waals surface area contributed by atoms with Crippen molar-refractivity contribution < 1.29 is 0 Å². The van der Waals surface area contributed by atoms with Crippen molar-refractivity contribution in [2.45, 2.75) is 25.3 Å². The lowest BCUT2D eigenvalue weighted by Crippen LogP contribution is -2.12. The molecule has 1 aromatic heterocycles. The van der Waals surface area contributed by atoms with Gasteiger partial charge in [-0.1, -0.05) is 23.7 Å². The number of hydrogen-bond acceptors (Lipinski definition) is 2. The zero-order valence-corrected chi connectivity index (χ0v) is 11.6. The zero-order chi connectivity index (χ0) is 13.1. The number of aryl methyl sites for hydroxylation is 2. The lowest BCUT2D eigenvalue weighted by Gasteiger charge is -2.12. The molecule has 1 N–H and O–H groups in total. The van der Waals surface area contributed by atoms with E-state index in [0.717, 1.165) is 31.1 Å². The first-order valence-corrected chi connectivity index (χ1v) is 7.16. The highest BCUT2D eigenvalue weighted by Crippen LogP contribution is 2.22. The Morgan fingerprint density at radius 3 is 2.89 bits per heavy atom. The van der Waals surface area contributed by atoms with Gasteiger partial charge in [0.15, 0.2) is 0 Å². The standard InChI is InChI=1S/C15H18ClN3/c16-14-3-1-12(2-4-14)6-8-19-11-18-10-15(19)13-5-7-17-9-13/h1-4,10-11,13,17H,5-9H2. The van der Waals surface area contributed by atoms with Crippen LogP contribution in [-0.2, 0) is 13.0 Å². The Hall–Kier alpha value is -1.32. The molecular formula is C15H18ClN3. The molecule has 1 aliphatic rings. The summed E-state index contributed by atoms with van der Waals surface area (Å²) in [4.78, 5) is 4.31. The van der Waals surface area contributed by atoms with Crippen LogP contribution in [0.5, 0.6) is 0 Å². The molecule has 3 nitrogen and oxygen atoms in total. The summed E-state index contributed by atoms with van der Waals surface area (Å²) in [6, 6.07) is 8.09. The van der Waals surface area contributed by atoms with E-state index < -0.39 is 0 Å². The minimum atomic E-state index is 0.618. The van der Waals surface area contributed by atoms with Gasteiger partial charge in [-0.05, 0) is 37.1 Å². The SMILES string of the molecule is Clc1ccc(CCn2cncc2C2CCNC2)cc1. The quantitative estimate of drug-likeness (QED) is 0.930. The minimum Gasteiger partial charge on any atom is -0.334 e. The first-order chi connectivity index (χ1) is 9.33. The van der Waals surface area contributed by atoms with Gasteiger partial charge >= 0.3 is 0 Å². The molecule has 1 saturated heterocycles. The summed E-state index contributed by atoms with van der Waals surface area (Å²) in [7, 11) is 0. The van der Waals surface area contributed by atoms with E-state index in [1.807, 2.05) is 24.7 Å². The second-order valence-electron chi connectivity index (χ2n) is 5.08. The number of nitrogens with one attached hydrogen (secondary N) is 1. The maximum absolute atomic E-state index is 5.90. The highest BCUT2D eigenvalue weighted by Gasteiger charge is 2.19. The van der Waals surface area contributed by atoms with Crippen molar-refractivity contribution in [3.8, 4) is 0 Å². The number of benzene rings is 1. The molecule has 0 aliphatic carbocycles. The van der Waals surface area contributed by atoms with Crippen LogP contribution in [0.15, 0.2) is 36.8 Å². The molecule has 1 aliphatic heterocycles. The normalized spacial score (nSPS) is 18.9. The number of nitrogens with zero attached hydrogens (tertiary/aromatic N) is 2. The average molecular weight is 276 g/mol. The molecule has 1 aromatic carbocycles. The van der Waals surface area contributed by atoms with Crippen LogP contribution in [0.3, 0.4) is 0 Å². The van der Waals surface area contributed by atoms with Gasteiger partial charge < -0.3 is 9.88 Å². The number of hydrogen-bond donors (Lipinski definition) is 1. The van der Waals surface area contributed by atoms with E-state index in [2.05, 4.69) is 27.0 Å². The van der Waals surface area contributed by atoms with Gasteiger partial charge in [-0.25, -0.2) is 4.98 Å². The zero-order valence-electron chi connectivity index (χ0n) is 10.8. The third-order valence-corrected chi connectivity index (χ3v) is 4.03. The van der Waals surface area contributed by atoms with Crippen LogP contribution in [0.25, 0.3) is 0 Å². The monoisotopic (exact) mass is 275 g/mol. The Kier molecular flexibility index (Phi) is 3.85. The molecule has 0 radical (unpaired) electrons. The molecule has 0 saturated carbocycles. The van der Waals surface area contributed by atoms with Crippen molar-refractivity contribution in [1.29, 1.82) is 0 Å². The Bertz CT molecular complexity index is 527. The molecule has 19 heavy (non-hydrogen) atoms. The van der Waals surface area contributed by atoms with Gasteiger partial charge in [0, 0.05) is 35.9 Å². The molecule has 100 valence electrons. The first kappa shape index (κ1) is 12.7. The largest absolute Gasteiger partial charge is 0.334 e. The van der Waals surface area contributed by atoms with Crippen molar-refractivity contribution in [1.82, 2.24) is 14.9 Å². The van der Waals surface area contributed by atoms with Gasteiger partial charge in [0.1, 0.15) is 0 Å². The van der Waals surface area contributed by atoms with Crippen LogP contribution < -0.4 is 5.32 Å². The van der Waals surface area contributed by atoms with Gasteiger partial charge in [0.05, 0.1) is 6.33 Å². The molecular weight excluding hydrogens is 258 g/mol. The number of rotatable bonds is 4. The van der Waals surface area contributed by atoms with E-state index in [9.17, 15) is 0 Å². The molecule has 4 heteroatoms. The van der Waals surface area contributed by atoms with Gasteiger partial charge in [0.25, 0.3) is 0 Å². The maximum Gasteiger partial charge on any atom is 0.0948 e. The van der Waals surface area contributed by atoms with Crippen LogP contribution in [0.2, 0.25) is 5.02 Å². The van der Waals surface area contributed by atoms with Gasteiger partial charge in [-0.2, -0.15) is 0 Å². The summed E-state index contributed by atoms with van der Waals surface area (Å²) in [5.74, 6) is 0.618. The minimum absolute atomic E-state index is 0.618. The molecule has 1 atom stereocenters. The van der Waals surface area contributed by atoms with E-state index in [4.69, 9.17) is 11.6 Å². The lowest BCUT2D eigenvalue weighted by atomic mass is 10.1. The number of halogens is 1. The van der Waals surface area contributed by atoms with Gasteiger partial charge in [0.2, 0.25) is 0 Å². The fraction of sp³-hybridized carbons (Fsp3) is 0.400. The predicted octanol–water partition coefficient (Wildman–Crippen LogP) is 2.86. The van der Waals surface area contributed by atoms with Crippen LogP contribution in [0, 0.1) is 0 Å².